The van der Waals surface area contributed by atoms with Gasteiger partial charge >= 0.3 is 5.97 Å². The van der Waals surface area contributed by atoms with Gasteiger partial charge in [-0.05, 0) is 25.0 Å². The molecule has 1 amide bonds. The summed E-state index contributed by atoms with van der Waals surface area (Å²) in [5, 5.41) is 17.1. The van der Waals surface area contributed by atoms with Crippen molar-refractivity contribution >= 4 is 11.9 Å². The fraction of sp³-hybridized carbons (Fsp3) is 0.208. The Balaban J connectivity index is 1.58. The molecule has 0 radical (unpaired) electrons. The average Bonchev–Trinajstić information content (AvgIpc) is 3.23. The molecule has 1 aromatic heterocycles. The van der Waals surface area contributed by atoms with Gasteiger partial charge in [0.1, 0.15) is 0 Å². The number of benzene rings is 2. The van der Waals surface area contributed by atoms with Crippen molar-refractivity contribution in [2.45, 2.75) is 19.4 Å². The lowest BCUT2D eigenvalue weighted by molar-refractivity contribution is -0.147. The van der Waals surface area contributed by atoms with Gasteiger partial charge in [0.05, 0.1) is 23.2 Å². The first-order chi connectivity index (χ1) is 14.6. The maximum Gasteiger partial charge on any atom is 0.307 e. The van der Waals surface area contributed by atoms with Crippen molar-refractivity contribution in [1.82, 2.24) is 15.1 Å². The van der Waals surface area contributed by atoms with E-state index in [2.05, 4.69) is 5.32 Å². The first kappa shape index (κ1) is 19.6. The fourth-order valence-corrected chi connectivity index (χ4v) is 3.78. The van der Waals surface area contributed by atoms with E-state index in [0.717, 1.165) is 22.5 Å². The van der Waals surface area contributed by atoms with Crippen molar-refractivity contribution in [3.63, 3.8) is 0 Å². The van der Waals surface area contributed by atoms with Gasteiger partial charge in [-0.3, -0.25) is 9.59 Å². The summed E-state index contributed by atoms with van der Waals surface area (Å²) in [7, 11) is 0. The van der Waals surface area contributed by atoms with Crippen LogP contribution in [0.2, 0.25) is 0 Å². The molecule has 30 heavy (non-hydrogen) atoms. The van der Waals surface area contributed by atoms with Crippen LogP contribution in [-0.2, 0) is 16.1 Å². The van der Waals surface area contributed by atoms with Crippen LogP contribution in [0.3, 0.4) is 0 Å². The molecular weight excluding hydrogens is 378 g/mol. The summed E-state index contributed by atoms with van der Waals surface area (Å²) in [6, 6.07) is 19.6. The maximum atomic E-state index is 12.8. The van der Waals surface area contributed by atoms with Gasteiger partial charge in [0.2, 0.25) is 5.91 Å². The summed E-state index contributed by atoms with van der Waals surface area (Å²) in [5.74, 6) is -2.41. The molecule has 0 fully saturated rings. The van der Waals surface area contributed by atoms with Gasteiger partial charge in [0.15, 0.2) is 0 Å². The summed E-state index contributed by atoms with van der Waals surface area (Å²) >= 11 is 0. The lowest BCUT2D eigenvalue weighted by atomic mass is 9.82. The topological polar surface area (TPSA) is 84.2 Å². The fourth-order valence-electron chi connectivity index (χ4n) is 3.78. The van der Waals surface area contributed by atoms with Crippen LogP contribution in [0.1, 0.15) is 18.4 Å². The number of hydrogen-bond donors (Lipinski definition) is 2. The normalized spacial score (nSPS) is 18.1. The van der Waals surface area contributed by atoms with Gasteiger partial charge in [-0.2, -0.15) is 5.10 Å². The average molecular weight is 401 g/mol. The summed E-state index contributed by atoms with van der Waals surface area (Å²) in [6.07, 6.45) is 6.45. The largest absolute Gasteiger partial charge is 0.481 e. The van der Waals surface area contributed by atoms with Crippen LogP contribution in [0.5, 0.6) is 0 Å². The van der Waals surface area contributed by atoms with E-state index in [-0.39, 0.29) is 12.5 Å². The number of carboxylic acid groups (broad SMARTS) is 1. The number of hydrogen-bond acceptors (Lipinski definition) is 3. The zero-order valence-corrected chi connectivity index (χ0v) is 16.4. The van der Waals surface area contributed by atoms with Gasteiger partial charge in [0.25, 0.3) is 0 Å². The van der Waals surface area contributed by atoms with Gasteiger partial charge < -0.3 is 10.4 Å². The number of rotatable bonds is 6. The highest BCUT2D eigenvalue weighted by molar-refractivity contribution is 5.85. The molecule has 1 heterocycles. The van der Waals surface area contributed by atoms with E-state index in [9.17, 15) is 14.7 Å². The van der Waals surface area contributed by atoms with Crippen molar-refractivity contribution in [2.75, 3.05) is 0 Å². The van der Waals surface area contributed by atoms with Gasteiger partial charge in [-0.15, -0.1) is 0 Å². The van der Waals surface area contributed by atoms with E-state index >= 15 is 0 Å². The molecule has 2 atom stereocenters. The van der Waals surface area contributed by atoms with Crippen LogP contribution < -0.4 is 5.32 Å². The Morgan fingerprint density at radius 1 is 0.967 bits per heavy atom. The molecule has 4 rings (SSSR count). The van der Waals surface area contributed by atoms with Crippen LogP contribution in [0, 0.1) is 11.8 Å². The van der Waals surface area contributed by atoms with E-state index in [1.54, 1.807) is 4.68 Å². The molecule has 0 unspecified atom stereocenters. The SMILES string of the molecule is O=C(NCc1cn(-c2ccccc2)nc1-c1ccccc1)[C@H]1CC=CC[C@H]1C(=O)O. The standard InChI is InChI=1S/C24H23N3O3/c28-23(20-13-7-8-14-21(20)24(29)30)25-15-18-16-27(19-11-5-2-6-12-19)26-22(18)17-9-3-1-4-10-17/h1-12,16,20-21H,13-15H2,(H,25,28)(H,29,30)/t20-,21+/m0/s1. The summed E-state index contributed by atoms with van der Waals surface area (Å²) in [6.45, 7) is 0.280. The third-order valence-electron chi connectivity index (χ3n) is 5.40. The summed E-state index contributed by atoms with van der Waals surface area (Å²) in [5.41, 5.74) is 3.55. The molecule has 0 saturated heterocycles. The maximum absolute atomic E-state index is 12.8. The zero-order chi connectivity index (χ0) is 20.9. The van der Waals surface area contributed by atoms with E-state index in [0.29, 0.717) is 12.8 Å². The minimum Gasteiger partial charge on any atom is -0.481 e. The lowest BCUT2D eigenvalue weighted by Crippen LogP contribution is -2.38. The molecule has 6 heteroatoms. The molecule has 0 saturated carbocycles. The van der Waals surface area contributed by atoms with Crippen LogP contribution in [0.25, 0.3) is 16.9 Å². The highest BCUT2D eigenvalue weighted by atomic mass is 16.4. The van der Waals surface area contributed by atoms with Gasteiger partial charge in [0, 0.05) is 23.9 Å². The van der Waals surface area contributed by atoms with Gasteiger partial charge in [-0.1, -0.05) is 60.7 Å². The molecule has 1 aliphatic carbocycles. The monoisotopic (exact) mass is 401 g/mol. The van der Waals surface area contributed by atoms with E-state index in [1.807, 2.05) is 79.0 Å². The second-order valence-corrected chi connectivity index (χ2v) is 7.36. The molecule has 2 aromatic carbocycles. The Morgan fingerprint density at radius 3 is 2.27 bits per heavy atom. The van der Waals surface area contributed by atoms with Crippen LogP contribution >= 0.6 is 0 Å². The number of nitrogens with zero attached hydrogens (tertiary/aromatic N) is 2. The zero-order valence-electron chi connectivity index (χ0n) is 16.4. The first-order valence-electron chi connectivity index (χ1n) is 9.98. The quantitative estimate of drug-likeness (QED) is 0.615. The molecule has 3 aromatic rings. The molecule has 0 aliphatic heterocycles. The van der Waals surface area contributed by atoms with Crippen LogP contribution in [-0.4, -0.2) is 26.8 Å². The molecule has 6 nitrogen and oxygen atoms in total. The van der Waals surface area contributed by atoms with Crippen LogP contribution in [0.15, 0.2) is 79.0 Å². The number of para-hydroxylation sites is 1. The number of aromatic nitrogens is 2. The smallest absolute Gasteiger partial charge is 0.307 e. The molecule has 152 valence electrons. The number of carboxylic acids is 1. The Morgan fingerprint density at radius 2 is 1.60 bits per heavy atom. The van der Waals surface area contributed by atoms with Crippen molar-refractivity contribution in [2.24, 2.45) is 11.8 Å². The van der Waals surface area contributed by atoms with E-state index in [1.165, 1.54) is 0 Å². The number of nitrogens with one attached hydrogen (secondary N) is 1. The third kappa shape index (κ3) is 4.17. The number of aliphatic carboxylic acids is 1. The molecule has 0 bridgehead atoms. The lowest BCUT2D eigenvalue weighted by Gasteiger charge is -2.24. The molecular formula is C24H23N3O3. The highest BCUT2D eigenvalue weighted by Crippen LogP contribution is 2.27. The van der Waals surface area contributed by atoms with Crippen LogP contribution in [0.4, 0.5) is 0 Å². The second-order valence-electron chi connectivity index (χ2n) is 7.36. The van der Waals surface area contributed by atoms with Crippen molar-refractivity contribution < 1.29 is 14.7 Å². The third-order valence-corrected chi connectivity index (χ3v) is 5.40. The first-order valence-corrected chi connectivity index (χ1v) is 9.98. The van der Waals surface area contributed by atoms with Crippen molar-refractivity contribution in [1.29, 1.82) is 0 Å². The Bertz CT molecular complexity index is 1060. The number of allylic oxidation sites excluding steroid dienone is 2. The van der Waals surface area contributed by atoms with Gasteiger partial charge in [-0.25, -0.2) is 4.68 Å². The minimum atomic E-state index is -0.929. The highest BCUT2D eigenvalue weighted by Gasteiger charge is 2.33. The summed E-state index contributed by atoms with van der Waals surface area (Å²) < 4.78 is 1.80. The molecule has 1 aliphatic rings. The van der Waals surface area contributed by atoms with Crippen molar-refractivity contribution in [3.8, 4) is 16.9 Å². The number of amides is 1. The Labute approximate surface area is 174 Å². The predicted molar refractivity (Wildman–Crippen MR) is 114 cm³/mol. The molecule has 2 N–H and O–H groups in total. The minimum absolute atomic E-state index is 0.238. The second kappa shape index (κ2) is 8.78. The van der Waals surface area contributed by atoms with E-state index < -0.39 is 17.8 Å². The van der Waals surface area contributed by atoms with E-state index in [4.69, 9.17) is 5.10 Å². The number of carbonyl (C=O) groups excluding carboxylic acids is 1. The number of carbonyl (C=O) groups is 2. The molecule has 0 spiro atoms. The predicted octanol–water partition coefficient (Wildman–Crippen LogP) is 3.82. The Kier molecular flexibility index (Phi) is 5.75. The summed E-state index contributed by atoms with van der Waals surface area (Å²) in [4.78, 5) is 24.3. The Hall–Kier alpha value is -3.67. The van der Waals surface area contributed by atoms with Crippen molar-refractivity contribution in [3.05, 3.63) is 84.6 Å².